The Hall–Kier alpha value is -2.58. The van der Waals surface area contributed by atoms with Crippen LogP contribution in [0.3, 0.4) is 0 Å². The fourth-order valence-electron chi connectivity index (χ4n) is 2.26. The van der Waals surface area contributed by atoms with E-state index >= 15 is 0 Å². The van der Waals surface area contributed by atoms with Gasteiger partial charge in [-0.15, -0.1) is 23.5 Å². The maximum atomic E-state index is 11.8. The van der Waals surface area contributed by atoms with E-state index in [4.69, 9.17) is 0 Å². The van der Waals surface area contributed by atoms with E-state index in [0.717, 1.165) is 11.1 Å². The summed E-state index contributed by atoms with van der Waals surface area (Å²) in [6.07, 6.45) is 8.07. The Morgan fingerprint density at radius 2 is 1.14 bits per heavy atom. The summed E-state index contributed by atoms with van der Waals surface area (Å²) >= 11 is 3.33. The summed E-state index contributed by atoms with van der Waals surface area (Å²) in [6.45, 7) is 0. The molecule has 2 aromatic carbocycles. The molecule has 0 saturated carbocycles. The molecule has 0 fully saturated rings. The van der Waals surface area contributed by atoms with Crippen LogP contribution in [0.25, 0.3) is 0 Å². The Kier molecular flexibility index (Phi) is 10.0. The van der Waals surface area contributed by atoms with Gasteiger partial charge in [0.1, 0.15) is 0 Å². The zero-order valence-corrected chi connectivity index (χ0v) is 18.1. The van der Waals surface area contributed by atoms with Gasteiger partial charge in [-0.3, -0.25) is 9.59 Å². The minimum atomic E-state index is -0.229. The number of nitrogens with zero attached hydrogens (tertiary/aromatic N) is 2. The molecule has 2 aromatic rings. The summed E-state index contributed by atoms with van der Waals surface area (Å²) in [5.41, 5.74) is 6.75. The van der Waals surface area contributed by atoms with E-state index in [2.05, 4.69) is 21.1 Å². The molecule has 0 heterocycles. The average molecular weight is 429 g/mol. The van der Waals surface area contributed by atoms with Gasteiger partial charge in [0.25, 0.3) is 0 Å². The first-order valence-corrected chi connectivity index (χ1v) is 11.5. The molecule has 0 unspecified atom stereocenters. The molecule has 6 nitrogen and oxygen atoms in total. The van der Waals surface area contributed by atoms with Gasteiger partial charge in [-0.25, -0.2) is 10.9 Å². The monoisotopic (exact) mass is 428 g/mol. The number of rotatable bonds is 10. The largest absolute Gasteiger partial charge is 0.273 e. The van der Waals surface area contributed by atoms with E-state index in [1.54, 1.807) is 36.0 Å². The standard InChI is InChI=1S/C21H24N4O2S2/c1-28-18-10-6-16(7-11-18)14-22-24-20(26)4-3-5-21(27)25-23-15-17-8-12-19(29-2)13-9-17/h6-15H,3-5H2,1-2H3,(H,24,26)(H,25,27). The number of hydrogen-bond acceptors (Lipinski definition) is 6. The van der Waals surface area contributed by atoms with Crippen molar-refractivity contribution in [2.24, 2.45) is 10.2 Å². The van der Waals surface area contributed by atoms with Crippen LogP contribution in [0.1, 0.15) is 30.4 Å². The molecule has 0 radical (unpaired) electrons. The lowest BCUT2D eigenvalue weighted by Gasteiger charge is -2.01. The molecule has 0 aromatic heterocycles. The van der Waals surface area contributed by atoms with Crippen LogP contribution in [0.5, 0.6) is 0 Å². The Bertz CT molecular complexity index is 778. The summed E-state index contributed by atoms with van der Waals surface area (Å²) in [5, 5.41) is 7.87. The van der Waals surface area contributed by atoms with Crippen molar-refractivity contribution in [1.82, 2.24) is 10.9 Å². The lowest BCUT2D eigenvalue weighted by atomic mass is 10.2. The van der Waals surface area contributed by atoms with Gasteiger partial charge in [0.2, 0.25) is 11.8 Å². The van der Waals surface area contributed by atoms with Crippen molar-refractivity contribution in [3.05, 3.63) is 59.7 Å². The number of benzene rings is 2. The first-order valence-electron chi connectivity index (χ1n) is 9.02. The van der Waals surface area contributed by atoms with Crippen molar-refractivity contribution in [1.29, 1.82) is 0 Å². The molecule has 152 valence electrons. The van der Waals surface area contributed by atoms with E-state index in [1.165, 1.54) is 9.79 Å². The van der Waals surface area contributed by atoms with Gasteiger partial charge in [-0.2, -0.15) is 10.2 Å². The molecule has 0 spiro atoms. The van der Waals surface area contributed by atoms with Crippen molar-refractivity contribution >= 4 is 47.8 Å². The second kappa shape index (κ2) is 12.8. The van der Waals surface area contributed by atoms with Crippen LogP contribution in [0.4, 0.5) is 0 Å². The minimum Gasteiger partial charge on any atom is -0.273 e. The summed E-state index contributed by atoms with van der Waals surface area (Å²) in [7, 11) is 0. The highest BCUT2D eigenvalue weighted by atomic mass is 32.2. The van der Waals surface area contributed by atoms with Gasteiger partial charge in [-0.1, -0.05) is 24.3 Å². The number of amides is 2. The molecule has 0 aliphatic heterocycles. The maximum absolute atomic E-state index is 11.8. The highest BCUT2D eigenvalue weighted by Gasteiger charge is 2.04. The van der Waals surface area contributed by atoms with Gasteiger partial charge >= 0.3 is 0 Å². The number of thioether (sulfide) groups is 2. The van der Waals surface area contributed by atoms with Crippen LogP contribution < -0.4 is 10.9 Å². The number of hydrogen-bond donors (Lipinski definition) is 2. The van der Waals surface area contributed by atoms with Crippen LogP contribution >= 0.6 is 23.5 Å². The van der Waals surface area contributed by atoms with Crippen LogP contribution in [0.2, 0.25) is 0 Å². The smallest absolute Gasteiger partial charge is 0.240 e. The van der Waals surface area contributed by atoms with Gasteiger partial charge in [0, 0.05) is 22.6 Å². The average Bonchev–Trinajstić information content (AvgIpc) is 2.75. The Morgan fingerprint density at radius 3 is 1.48 bits per heavy atom. The van der Waals surface area contributed by atoms with Crippen molar-refractivity contribution in [2.75, 3.05) is 12.5 Å². The lowest BCUT2D eigenvalue weighted by molar-refractivity contribution is -0.122. The Balaban J connectivity index is 1.62. The number of hydrazone groups is 2. The lowest BCUT2D eigenvalue weighted by Crippen LogP contribution is -2.20. The van der Waals surface area contributed by atoms with Crippen molar-refractivity contribution in [3.8, 4) is 0 Å². The molecule has 0 bridgehead atoms. The quantitative estimate of drug-likeness (QED) is 0.342. The number of nitrogens with one attached hydrogen (secondary N) is 2. The molecule has 2 rings (SSSR count). The van der Waals surface area contributed by atoms with Crippen molar-refractivity contribution in [2.45, 2.75) is 29.1 Å². The number of carbonyl (C=O) groups excluding carboxylic acids is 2. The fraction of sp³-hybridized carbons (Fsp3) is 0.238. The van der Waals surface area contributed by atoms with Gasteiger partial charge < -0.3 is 0 Å². The van der Waals surface area contributed by atoms with Crippen LogP contribution in [0.15, 0.2) is 68.5 Å². The van der Waals surface area contributed by atoms with Crippen LogP contribution in [-0.2, 0) is 9.59 Å². The maximum Gasteiger partial charge on any atom is 0.240 e. The van der Waals surface area contributed by atoms with Crippen molar-refractivity contribution in [3.63, 3.8) is 0 Å². The molecular formula is C21H24N4O2S2. The van der Waals surface area contributed by atoms with E-state index in [-0.39, 0.29) is 24.7 Å². The summed E-state index contributed by atoms with van der Waals surface area (Å²) in [5.74, 6) is -0.459. The third-order valence-electron chi connectivity index (χ3n) is 3.85. The molecule has 0 aliphatic rings. The summed E-state index contributed by atoms with van der Waals surface area (Å²) in [6, 6.07) is 15.7. The second-order valence-corrected chi connectivity index (χ2v) is 7.75. The second-order valence-electron chi connectivity index (χ2n) is 5.99. The first-order chi connectivity index (χ1) is 14.1. The highest BCUT2D eigenvalue weighted by Crippen LogP contribution is 2.14. The first kappa shape index (κ1) is 22.7. The van der Waals surface area contributed by atoms with Gasteiger partial charge in [-0.05, 0) is 54.3 Å². The molecule has 0 saturated heterocycles. The SMILES string of the molecule is CSc1ccc(C=NNC(=O)CCCC(=O)NN=Cc2ccc(SC)cc2)cc1. The van der Waals surface area contributed by atoms with E-state index in [1.807, 2.05) is 61.0 Å². The molecule has 29 heavy (non-hydrogen) atoms. The molecule has 8 heteroatoms. The van der Waals surface area contributed by atoms with Crippen LogP contribution in [0, 0.1) is 0 Å². The van der Waals surface area contributed by atoms with Crippen molar-refractivity contribution < 1.29 is 9.59 Å². The predicted octanol–water partition coefficient (Wildman–Crippen LogP) is 3.90. The Labute approximate surface area is 179 Å². The molecule has 2 amide bonds. The normalized spacial score (nSPS) is 11.1. The zero-order valence-electron chi connectivity index (χ0n) is 16.4. The van der Waals surface area contributed by atoms with Crippen LogP contribution in [-0.4, -0.2) is 36.8 Å². The molecule has 0 atom stereocenters. The van der Waals surface area contributed by atoms with E-state index < -0.39 is 0 Å². The molecule has 2 N–H and O–H groups in total. The predicted molar refractivity (Wildman–Crippen MR) is 122 cm³/mol. The van der Waals surface area contributed by atoms with Gasteiger partial charge in [0.05, 0.1) is 12.4 Å². The van der Waals surface area contributed by atoms with E-state index in [9.17, 15) is 9.59 Å². The third kappa shape index (κ3) is 8.97. The van der Waals surface area contributed by atoms with Gasteiger partial charge in [0.15, 0.2) is 0 Å². The number of carbonyl (C=O) groups is 2. The fourth-order valence-corrected chi connectivity index (χ4v) is 3.08. The third-order valence-corrected chi connectivity index (χ3v) is 5.33. The zero-order chi connectivity index (χ0) is 20.9. The molecular weight excluding hydrogens is 404 g/mol. The topological polar surface area (TPSA) is 82.9 Å². The Morgan fingerprint density at radius 1 is 0.759 bits per heavy atom. The molecule has 0 aliphatic carbocycles. The minimum absolute atomic E-state index is 0.218. The highest BCUT2D eigenvalue weighted by molar-refractivity contribution is 7.98. The summed E-state index contributed by atoms with van der Waals surface area (Å²) < 4.78 is 0. The van der Waals surface area contributed by atoms with E-state index in [0.29, 0.717) is 6.42 Å². The summed E-state index contributed by atoms with van der Waals surface area (Å²) in [4.78, 5) is 25.9.